The van der Waals surface area contributed by atoms with E-state index in [1.54, 1.807) is 7.11 Å². The molecule has 1 aliphatic heterocycles. The number of aryl methyl sites for hydroxylation is 1. The molecule has 2 unspecified atom stereocenters. The van der Waals surface area contributed by atoms with Gasteiger partial charge in [-0.2, -0.15) is 5.10 Å². The number of para-hydroxylation sites is 2. The Morgan fingerprint density at radius 3 is 3.00 bits per heavy atom. The van der Waals surface area contributed by atoms with Gasteiger partial charge in [0.2, 0.25) is 5.91 Å². The van der Waals surface area contributed by atoms with Gasteiger partial charge in [-0.3, -0.25) is 14.9 Å². The lowest BCUT2D eigenvalue weighted by Crippen LogP contribution is -2.38. The highest BCUT2D eigenvalue weighted by Gasteiger charge is 2.40. The first kappa shape index (κ1) is 17.5. The van der Waals surface area contributed by atoms with Crippen molar-refractivity contribution >= 4 is 17.8 Å². The van der Waals surface area contributed by atoms with E-state index < -0.39 is 5.41 Å². The summed E-state index contributed by atoms with van der Waals surface area (Å²) in [4.78, 5) is 17.3. The smallest absolute Gasteiger partial charge is 0.230 e. The van der Waals surface area contributed by atoms with Crippen molar-refractivity contribution in [2.24, 2.45) is 10.4 Å². The number of anilines is 1. The van der Waals surface area contributed by atoms with E-state index in [0.717, 1.165) is 30.7 Å². The molecule has 2 N–H and O–H groups in total. The van der Waals surface area contributed by atoms with Crippen LogP contribution in [0.1, 0.15) is 42.6 Å². The van der Waals surface area contributed by atoms with Gasteiger partial charge in [0.25, 0.3) is 0 Å². The molecule has 1 aromatic heterocycles. The maximum atomic E-state index is 13.1. The number of nitrogens with one attached hydrogen (secondary N) is 2. The quantitative estimate of drug-likeness (QED) is 0.869. The number of aromatic amines is 1. The highest BCUT2D eigenvalue weighted by molar-refractivity contribution is 5.96. The van der Waals surface area contributed by atoms with Gasteiger partial charge >= 0.3 is 0 Å². The Hall–Kier alpha value is -2.89. The van der Waals surface area contributed by atoms with Crippen LogP contribution in [0.5, 0.6) is 5.75 Å². The first-order valence-corrected chi connectivity index (χ1v) is 9.29. The average molecular weight is 364 g/mol. The van der Waals surface area contributed by atoms with Gasteiger partial charge in [-0.25, -0.2) is 0 Å². The lowest BCUT2D eigenvalue weighted by Gasteiger charge is -2.33. The number of fused-ring (bicyclic) bond motifs is 1. The van der Waals surface area contributed by atoms with E-state index in [2.05, 4.69) is 26.6 Å². The zero-order valence-corrected chi connectivity index (χ0v) is 15.7. The van der Waals surface area contributed by atoms with Gasteiger partial charge in [-0.15, -0.1) is 0 Å². The third-order valence-electron chi connectivity index (χ3n) is 5.60. The minimum atomic E-state index is -0.487. The molecule has 27 heavy (non-hydrogen) atoms. The van der Waals surface area contributed by atoms with Crippen molar-refractivity contribution in [3.8, 4) is 5.75 Å². The number of rotatable bonds is 4. The number of methoxy groups -OCH3 is 1. The zero-order chi connectivity index (χ0) is 18.9. The summed E-state index contributed by atoms with van der Waals surface area (Å²) >= 11 is 0. The van der Waals surface area contributed by atoms with E-state index in [1.807, 2.05) is 43.6 Å². The summed E-state index contributed by atoms with van der Waals surface area (Å²) in [6.07, 6.45) is 8.95. The lowest BCUT2D eigenvalue weighted by molar-refractivity contribution is -0.125. The van der Waals surface area contributed by atoms with Crippen LogP contribution in [-0.2, 0) is 17.6 Å². The average Bonchev–Trinajstić information content (AvgIpc) is 3.11. The molecule has 0 spiro atoms. The minimum absolute atomic E-state index is 0.0190. The Kier molecular flexibility index (Phi) is 4.56. The molecule has 2 aliphatic rings. The monoisotopic (exact) mass is 364 g/mol. The predicted molar refractivity (Wildman–Crippen MR) is 105 cm³/mol. The van der Waals surface area contributed by atoms with Crippen molar-refractivity contribution in [3.05, 3.63) is 53.5 Å². The van der Waals surface area contributed by atoms with E-state index in [0.29, 0.717) is 17.9 Å². The predicted octanol–water partition coefficient (Wildman–Crippen LogP) is 3.62. The van der Waals surface area contributed by atoms with Crippen LogP contribution in [0, 0.1) is 5.41 Å². The van der Waals surface area contributed by atoms with E-state index in [4.69, 9.17) is 4.74 Å². The van der Waals surface area contributed by atoms with Gasteiger partial charge < -0.3 is 10.1 Å². The molecule has 0 fully saturated rings. The number of hydrogen-bond donors (Lipinski definition) is 2. The number of aromatic nitrogens is 2. The Morgan fingerprint density at radius 1 is 1.37 bits per heavy atom. The molecule has 0 saturated heterocycles. The Labute approximate surface area is 158 Å². The fourth-order valence-corrected chi connectivity index (χ4v) is 3.89. The zero-order valence-electron chi connectivity index (χ0n) is 15.7. The lowest BCUT2D eigenvalue weighted by atomic mass is 9.72. The largest absolute Gasteiger partial charge is 0.495 e. The maximum Gasteiger partial charge on any atom is 0.230 e. The second kappa shape index (κ2) is 7.02. The summed E-state index contributed by atoms with van der Waals surface area (Å²) < 4.78 is 5.36. The van der Waals surface area contributed by atoms with Crippen LogP contribution in [0.25, 0.3) is 0 Å². The van der Waals surface area contributed by atoms with Gasteiger partial charge in [0, 0.05) is 24.0 Å². The van der Waals surface area contributed by atoms with Gasteiger partial charge in [0.15, 0.2) is 0 Å². The first-order valence-electron chi connectivity index (χ1n) is 9.29. The Morgan fingerprint density at radius 2 is 2.22 bits per heavy atom. The van der Waals surface area contributed by atoms with Crippen molar-refractivity contribution in [1.82, 2.24) is 10.2 Å². The highest BCUT2D eigenvalue weighted by atomic mass is 16.5. The van der Waals surface area contributed by atoms with Crippen molar-refractivity contribution < 1.29 is 9.53 Å². The molecule has 4 rings (SSSR count). The second-order valence-corrected chi connectivity index (χ2v) is 7.47. The van der Waals surface area contributed by atoms with E-state index in [-0.39, 0.29) is 11.8 Å². The second-order valence-electron chi connectivity index (χ2n) is 7.47. The number of nitrogens with zero attached hydrogens (tertiary/aromatic N) is 2. The standard InChI is InChI=1S/C21H24N4O2/c1-21(20(26)23-17-5-3-4-6-18(17)27-2)10-7-16-15(13-21)19(25-24-16)14-8-11-22-12-9-14/h3-6,8,11-12,14H,7,9-10,13H2,1-2H3,(H,23,26)(H,24,25). The van der Waals surface area contributed by atoms with Crippen LogP contribution in [-0.4, -0.2) is 29.4 Å². The molecule has 1 amide bonds. The molecule has 1 aliphatic carbocycles. The molecular weight excluding hydrogens is 340 g/mol. The van der Waals surface area contributed by atoms with Crippen molar-refractivity contribution in [3.63, 3.8) is 0 Å². The molecule has 0 saturated carbocycles. The normalized spacial score (nSPS) is 23.7. The van der Waals surface area contributed by atoms with Crippen molar-refractivity contribution in [1.29, 1.82) is 0 Å². The third-order valence-corrected chi connectivity index (χ3v) is 5.60. The minimum Gasteiger partial charge on any atom is -0.495 e. The molecule has 140 valence electrons. The fraction of sp³-hybridized carbons (Fsp3) is 0.381. The van der Waals surface area contributed by atoms with Gasteiger partial charge in [-0.1, -0.05) is 25.1 Å². The van der Waals surface area contributed by atoms with E-state index >= 15 is 0 Å². The highest BCUT2D eigenvalue weighted by Crippen LogP contribution is 2.40. The van der Waals surface area contributed by atoms with Gasteiger partial charge in [0.1, 0.15) is 5.75 Å². The fourth-order valence-electron chi connectivity index (χ4n) is 3.89. The summed E-state index contributed by atoms with van der Waals surface area (Å²) in [6, 6.07) is 7.50. The first-order chi connectivity index (χ1) is 13.1. The van der Waals surface area contributed by atoms with Crippen molar-refractivity contribution in [2.45, 2.75) is 38.5 Å². The molecule has 2 heterocycles. The molecule has 1 aromatic carbocycles. The summed E-state index contributed by atoms with van der Waals surface area (Å²) in [7, 11) is 1.61. The van der Waals surface area contributed by atoms with Crippen LogP contribution >= 0.6 is 0 Å². The van der Waals surface area contributed by atoms with Gasteiger partial charge in [0.05, 0.1) is 23.9 Å². The number of amides is 1. The molecule has 6 nitrogen and oxygen atoms in total. The summed E-state index contributed by atoms with van der Waals surface area (Å²) in [5.74, 6) is 0.911. The number of benzene rings is 1. The SMILES string of the molecule is COc1ccccc1NC(=O)C1(C)CCc2[nH]nc(C3C=CN=CC3)c2C1. The van der Waals surface area contributed by atoms with Crippen LogP contribution in [0.15, 0.2) is 41.5 Å². The molecule has 6 heteroatoms. The third kappa shape index (κ3) is 3.27. The summed E-state index contributed by atoms with van der Waals surface area (Å²) in [5.41, 5.74) is 3.60. The number of carbonyl (C=O) groups is 1. The number of H-pyrrole nitrogens is 1. The number of hydrogen-bond acceptors (Lipinski definition) is 4. The van der Waals surface area contributed by atoms with Crippen LogP contribution in [0.4, 0.5) is 5.69 Å². The maximum absolute atomic E-state index is 13.1. The number of carbonyl (C=O) groups excluding carboxylic acids is 1. The van der Waals surface area contributed by atoms with E-state index in [1.165, 1.54) is 5.56 Å². The topological polar surface area (TPSA) is 79.4 Å². The Bertz CT molecular complexity index is 915. The molecular formula is C21H24N4O2. The molecule has 0 bridgehead atoms. The molecule has 0 radical (unpaired) electrons. The van der Waals surface area contributed by atoms with E-state index in [9.17, 15) is 4.79 Å². The number of ether oxygens (including phenoxy) is 1. The molecule has 2 atom stereocenters. The van der Waals surface area contributed by atoms with Crippen LogP contribution in [0.2, 0.25) is 0 Å². The number of aliphatic imine (C=N–C) groups is 1. The van der Waals surface area contributed by atoms with Crippen LogP contribution in [0.3, 0.4) is 0 Å². The molecule has 2 aromatic rings. The van der Waals surface area contributed by atoms with Crippen LogP contribution < -0.4 is 10.1 Å². The summed E-state index contributed by atoms with van der Waals surface area (Å²) in [6.45, 7) is 2.04. The van der Waals surface area contributed by atoms with Crippen molar-refractivity contribution in [2.75, 3.05) is 12.4 Å². The van der Waals surface area contributed by atoms with Gasteiger partial charge in [-0.05, 0) is 43.4 Å². The number of allylic oxidation sites excluding steroid dienone is 1. The Balaban J connectivity index is 1.57. The summed E-state index contributed by atoms with van der Waals surface area (Å²) in [5, 5.41) is 10.8.